The number of nitrogens with zero attached hydrogens (tertiary/aromatic N) is 1. The van der Waals surface area contributed by atoms with Crippen molar-refractivity contribution in [2.75, 3.05) is 5.32 Å². The molecule has 134 valence electrons. The monoisotopic (exact) mass is 364 g/mol. The summed E-state index contributed by atoms with van der Waals surface area (Å²) in [5.74, 6) is -0.465. The molecule has 28 heavy (non-hydrogen) atoms. The van der Waals surface area contributed by atoms with E-state index in [0.29, 0.717) is 16.7 Å². The Hall–Kier alpha value is -3.97. The molecular weight excluding hydrogens is 348 g/mol. The van der Waals surface area contributed by atoms with Crippen LogP contribution in [0.15, 0.2) is 78.4 Å². The molecule has 4 rings (SSSR count). The summed E-state index contributed by atoms with van der Waals surface area (Å²) in [6.45, 7) is 1.93. The first-order chi connectivity index (χ1) is 13.6. The summed E-state index contributed by atoms with van der Waals surface area (Å²) in [4.78, 5) is 25.0. The molecule has 0 saturated carbocycles. The normalized spacial score (nSPS) is 12.5. The topological polar surface area (TPSA) is 70.0 Å². The van der Waals surface area contributed by atoms with Crippen LogP contribution in [0.4, 0.5) is 5.69 Å². The number of aryl methyl sites for hydroxylation is 1. The largest absolute Gasteiger partial charge is 0.322 e. The average Bonchev–Trinajstić information content (AvgIpc) is 3.02. The number of anilines is 1. The zero-order chi connectivity index (χ0) is 19.7. The van der Waals surface area contributed by atoms with Crippen LogP contribution in [-0.2, 0) is 0 Å². The third-order valence-electron chi connectivity index (χ3n) is 4.86. The molecule has 0 fully saturated rings. The smallest absolute Gasteiger partial charge is 0.255 e. The molecule has 1 aliphatic carbocycles. The van der Waals surface area contributed by atoms with Crippen LogP contribution >= 0.6 is 0 Å². The van der Waals surface area contributed by atoms with Crippen LogP contribution in [0.2, 0.25) is 0 Å². The Labute approximate surface area is 162 Å². The molecule has 0 saturated heterocycles. The first kappa shape index (κ1) is 17.4. The van der Waals surface area contributed by atoms with Gasteiger partial charge in [-0.15, -0.1) is 0 Å². The van der Waals surface area contributed by atoms with Crippen molar-refractivity contribution in [3.8, 4) is 6.07 Å². The van der Waals surface area contributed by atoms with Gasteiger partial charge in [0.1, 0.15) is 11.6 Å². The molecule has 0 aromatic heterocycles. The number of fused-ring (bicyclic) bond motifs is 1. The Morgan fingerprint density at radius 1 is 0.893 bits per heavy atom. The molecule has 1 amide bonds. The lowest BCUT2D eigenvalue weighted by Gasteiger charge is -2.09. The predicted molar refractivity (Wildman–Crippen MR) is 108 cm³/mol. The molecule has 0 unspecified atom stereocenters. The van der Waals surface area contributed by atoms with Crippen molar-refractivity contribution in [3.63, 3.8) is 0 Å². The van der Waals surface area contributed by atoms with Crippen molar-refractivity contribution < 1.29 is 9.59 Å². The number of Topliss-reactive ketones (excluding diaryl/α,β-unsaturated/α-hetero) is 1. The number of ketones is 1. The second kappa shape index (κ2) is 6.98. The standard InChI is InChI=1S/C24H16N2O2/c1-15-6-2-5-9-21(15)26-24(28)17-12-10-16(11-13-17)22-18-7-3-4-8-19(18)23(27)20(22)14-25/h2-13H,1H3,(H,26,28). The number of nitriles is 1. The van der Waals surface area contributed by atoms with E-state index < -0.39 is 0 Å². The van der Waals surface area contributed by atoms with E-state index in [-0.39, 0.29) is 17.3 Å². The molecule has 0 aliphatic heterocycles. The lowest BCUT2D eigenvalue weighted by molar-refractivity contribution is 0.102. The highest BCUT2D eigenvalue weighted by Crippen LogP contribution is 2.37. The second-order valence-electron chi connectivity index (χ2n) is 6.58. The number of rotatable bonds is 3. The molecule has 4 nitrogen and oxygen atoms in total. The minimum absolute atomic E-state index is 0.137. The molecule has 0 spiro atoms. The third kappa shape index (κ3) is 2.89. The van der Waals surface area contributed by atoms with Crippen molar-refractivity contribution in [1.29, 1.82) is 5.26 Å². The number of benzene rings is 3. The van der Waals surface area contributed by atoms with E-state index in [1.165, 1.54) is 0 Å². The molecule has 0 atom stereocenters. The van der Waals surface area contributed by atoms with Gasteiger partial charge in [-0.1, -0.05) is 54.6 Å². The first-order valence-electron chi connectivity index (χ1n) is 8.86. The summed E-state index contributed by atoms with van der Waals surface area (Å²) in [5.41, 5.74) is 5.04. The van der Waals surface area contributed by atoms with Crippen molar-refractivity contribution in [2.24, 2.45) is 0 Å². The number of hydrogen-bond acceptors (Lipinski definition) is 3. The average molecular weight is 364 g/mol. The fourth-order valence-electron chi connectivity index (χ4n) is 3.38. The zero-order valence-electron chi connectivity index (χ0n) is 15.2. The van der Waals surface area contributed by atoms with Crippen molar-refractivity contribution >= 4 is 23.0 Å². The highest BCUT2D eigenvalue weighted by atomic mass is 16.1. The van der Waals surface area contributed by atoms with E-state index in [1.54, 1.807) is 36.4 Å². The SMILES string of the molecule is Cc1ccccc1NC(=O)c1ccc(C2=C(C#N)C(=O)c3ccccc32)cc1. The Morgan fingerprint density at radius 3 is 2.21 bits per heavy atom. The molecule has 0 heterocycles. The van der Waals surface area contributed by atoms with Crippen LogP contribution in [0.5, 0.6) is 0 Å². The Balaban J connectivity index is 1.66. The number of nitrogens with one attached hydrogen (secondary N) is 1. The Bertz CT molecular complexity index is 1180. The molecule has 3 aromatic rings. The molecule has 0 radical (unpaired) electrons. The van der Waals surface area contributed by atoms with E-state index in [1.807, 2.05) is 49.4 Å². The van der Waals surface area contributed by atoms with Gasteiger partial charge in [0.2, 0.25) is 5.78 Å². The summed E-state index contributed by atoms with van der Waals surface area (Å²) in [5, 5.41) is 12.4. The van der Waals surface area contributed by atoms with Gasteiger partial charge >= 0.3 is 0 Å². The number of allylic oxidation sites excluding steroid dienone is 1. The Kier molecular flexibility index (Phi) is 4.35. The number of amides is 1. The molecule has 0 bridgehead atoms. The van der Waals surface area contributed by atoms with Crippen molar-refractivity contribution in [2.45, 2.75) is 6.92 Å². The Morgan fingerprint density at radius 2 is 1.54 bits per heavy atom. The third-order valence-corrected chi connectivity index (χ3v) is 4.86. The maximum absolute atomic E-state index is 12.5. The quantitative estimate of drug-likeness (QED) is 0.728. The van der Waals surface area contributed by atoms with Crippen LogP contribution in [0, 0.1) is 18.3 Å². The summed E-state index contributed by atoms with van der Waals surface area (Å²) >= 11 is 0. The van der Waals surface area contributed by atoms with Crippen LogP contribution in [0.1, 0.15) is 37.4 Å². The van der Waals surface area contributed by atoms with Gasteiger partial charge in [0.15, 0.2) is 0 Å². The highest BCUT2D eigenvalue weighted by molar-refractivity contribution is 6.25. The minimum atomic E-state index is -0.255. The van der Waals surface area contributed by atoms with Gasteiger partial charge < -0.3 is 5.32 Å². The van der Waals surface area contributed by atoms with Gasteiger partial charge in [0.05, 0.1) is 0 Å². The maximum Gasteiger partial charge on any atom is 0.255 e. The van der Waals surface area contributed by atoms with Gasteiger partial charge in [-0.3, -0.25) is 9.59 Å². The van der Waals surface area contributed by atoms with Crippen LogP contribution in [-0.4, -0.2) is 11.7 Å². The van der Waals surface area contributed by atoms with E-state index in [9.17, 15) is 14.9 Å². The summed E-state index contributed by atoms with van der Waals surface area (Å²) in [6, 6.07) is 23.8. The summed E-state index contributed by atoms with van der Waals surface area (Å²) < 4.78 is 0. The number of hydrogen-bond donors (Lipinski definition) is 1. The minimum Gasteiger partial charge on any atom is -0.322 e. The number of carbonyl (C=O) groups is 2. The molecule has 1 aliphatic rings. The summed E-state index contributed by atoms with van der Waals surface area (Å²) in [7, 11) is 0. The van der Waals surface area contributed by atoms with Gasteiger partial charge in [-0.25, -0.2) is 0 Å². The van der Waals surface area contributed by atoms with E-state index >= 15 is 0 Å². The fourth-order valence-corrected chi connectivity index (χ4v) is 3.38. The van der Waals surface area contributed by atoms with Gasteiger partial charge in [0.25, 0.3) is 5.91 Å². The van der Waals surface area contributed by atoms with Crippen LogP contribution in [0.25, 0.3) is 5.57 Å². The van der Waals surface area contributed by atoms with Gasteiger partial charge in [0, 0.05) is 22.4 Å². The maximum atomic E-state index is 12.5. The highest BCUT2D eigenvalue weighted by Gasteiger charge is 2.30. The molecule has 3 aromatic carbocycles. The molecule has 4 heteroatoms. The predicted octanol–water partition coefficient (Wildman–Crippen LogP) is 4.77. The van der Waals surface area contributed by atoms with E-state index in [0.717, 1.165) is 22.4 Å². The van der Waals surface area contributed by atoms with E-state index in [4.69, 9.17) is 0 Å². The van der Waals surface area contributed by atoms with Crippen LogP contribution < -0.4 is 5.32 Å². The zero-order valence-corrected chi connectivity index (χ0v) is 15.2. The van der Waals surface area contributed by atoms with Crippen LogP contribution in [0.3, 0.4) is 0 Å². The lowest BCUT2D eigenvalue weighted by Crippen LogP contribution is -2.12. The van der Waals surface area contributed by atoms with Gasteiger partial charge in [-0.05, 0) is 41.8 Å². The number of carbonyl (C=O) groups excluding carboxylic acids is 2. The van der Waals surface area contributed by atoms with E-state index in [2.05, 4.69) is 5.32 Å². The van der Waals surface area contributed by atoms with Crippen molar-refractivity contribution in [1.82, 2.24) is 0 Å². The molecular formula is C24H16N2O2. The summed E-state index contributed by atoms with van der Waals surface area (Å²) in [6.07, 6.45) is 0. The number of para-hydroxylation sites is 1. The second-order valence-corrected chi connectivity index (χ2v) is 6.58. The fraction of sp³-hybridized carbons (Fsp3) is 0.0417. The molecule has 1 N–H and O–H groups in total. The lowest BCUT2D eigenvalue weighted by atomic mass is 9.97. The first-order valence-corrected chi connectivity index (χ1v) is 8.86. The van der Waals surface area contributed by atoms with Crippen molar-refractivity contribution in [3.05, 3.63) is 106 Å². The van der Waals surface area contributed by atoms with Gasteiger partial charge in [-0.2, -0.15) is 5.26 Å².